The van der Waals surface area contributed by atoms with Gasteiger partial charge >= 0.3 is 0 Å². The molecule has 0 saturated heterocycles. The molecule has 3 aromatic rings. The van der Waals surface area contributed by atoms with E-state index in [1.165, 1.54) is 44.9 Å². The SMILES string of the molecule is Cc1ccc2cc(CN(Cc3nnnn3C3CCCC3)C3CCCCC3)c(=O)[nH]c2c1. The molecule has 0 radical (unpaired) electrons. The summed E-state index contributed by atoms with van der Waals surface area (Å²) in [5, 5.41) is 13.8. The van der Waals surface area contributed by atoms with Crippen molar-refractivity contribution in [2.45, 2.75) is 89.9 Å². The minimum Gasteiger partial charge on any atom is -0.322 e. The molecule has 0 amide bonds. The van der Waals surface area contributed by atoms with Crippen LogP contribution in [0.3, 0.4) is 0 Å². The molecular formula is C24H32N6O. The van der Waals surface area contributed by atoms with Crippen LogP contribution in [0.5, 0.6) is 0 Å². The average Bonchev–Trinajstić information content (AvgIpc) is 3.46. The highest BCUT2D eigenvalue weighted by molar-refractivity contribution is 5.79. The van der Waals surface area contributed by atoms with Crippen molar-refractivity contribution in [1.29, 1.82) is 0 Å². The smallest absolute Gasteiger partial charge is 0.252 e. The molecule has 7 nitrogen and oxygen atoms in total. The van der Waals surface area contributed by atoms with Crippen molar-refractivity contribution in [3.05, 3.63) is 51.6 Å². The third kappa shape index (κ3) is 4.42. The van der Waals surface area contributed by atoms with Crippen molar-refractivity contribution in [2.75, 3.05) is 0 Å². The van der Waals surface area contributed by atoms with Crippen LogP contribution < -0.4 is 5.56 Å². The lowest BCUT2D eigenvalue weighted by Gasteiger charge is -2.34. The Bertz CT molecular complexity index is 1090. The zero-order chi connectivity index (χ0) is 21.2. The number of pyridine rings is 1. The number of tetrazole rings is 1. The second-order valence-corrected chi connectivity index (χ2v) is 9.39. The molecule has 1 aromatic carbocycles. The van der Waals surface area contributed by atoms with Crippen molar-refractivity contribution in [2.24, 2.45) is 0 Å². The number of benzene rings is 1. The minimum atomic E-state index is 0.00861. The lowest BCUT2D eigenvalue weighted by Crippen LogP contribution is -2.38. The summed E-state index contributed by atoms with van der Waals surface area (Å²) in [6, 6.07) is 9.17. The molecule has 2 aliphatic rings. The van der Waals surface area contributed by atoms with Crippen LogP contribution in [0.1, 0.15) is 80.8 Å². The minimum absolute atomic E-state index is 0.00861. The summed E-state index contributed by atoms with van der Waals surface area (Å²) in [5.41, 5.74) is 2.89. The summed E-state index contributed by atoms with van der Waals surface area (Å²) < 4.78 is 2.05. The highest BCUT2D eigenvalue weighted by Gasteiger charge is 2.27. The van der Waals surface area contributed by atoms with Crippen molar-refractivity contribution in [3.8, 4) is 0 Å². The largest absolute Gasteiger partial charge is 0.322 e. The first kappa shape index (κ1) is 20.4. The molecule has 0 atom stereocenters. The molecule has 2 aromatic heterocycles. The van der Waals surface area contributed by atoms with Crippen molar-refractivity contribution in [1.82, 2.24) is 30.1 Å². The van der Waals surface area contributed by atoms with E-state index in [1.807, 2.05) is 13.0 Å². The number of fused-ring (bicyclic) bond motifs is 1. The van der Waals surface area contributed by atoms with E-state index in [2.05, 4.69) is 48.3 Å². The Morgan fingerprint density at radius 3 is 2.61 bits per heavy atom. The maximum absolute atomic E-state index is 12.9. The molecule has 5 rings (SSSR count). The maximum atomic E-state index is 12.9. The summed E-state index contributed by atoms with van der Waals surface area (Å²) in [6.07, 6.45) is 11.0. The predicted octanol–water partition coefficient (Wildman–Crippen LogP) is 4.27. The number of aromatic amines is 1. The normalized spacial score (nSPS) is 18.4. The van der Waals surface area contributed by atoms with Gasteiger partial charge in [0, 0.05) is 23.7 Å². The van der Waals surface area contributed by atoms with Gasteiger partial charge in [-0.05, 0) is 66.1 Å². The lowest BCUT2D eigenvalue weighted by atomic mass is 9.93. The molecule has 2 heterocycles. The molecule has 0 unspecified atom stereocenters. The van der Waals surface area contributed by atoms with Crippen LogP contribution in [0.4, 0.5) is 0 Å². The second kappa shape index (κ2) is 8.91. The van der Waals surface area contributed by atoms with E-state index in [-0.39, 0.29) is 5.56 Å². The number of aryl methyl sites for hydroxylation is 1. The maximum Gasteiger partial charge on any atom is 0.252 e. The fourth-order valence-corrected chi connectivity index (χ4v) is 5.39. The highest BCUT2D eigenvalue weighted by Crippen LogP contribution is 2.30. The Labute approximate surface area is 182 Å². The third-order valence-electron chi connectivity index (χ3n) is 7.12. The summed E-state index contributed by atoms with van der Waals surface area (Å²) in [4.78, 5) is 18.5. The lowest BCUT2D eigenvalue weighted by molar-refractivity contribution is 0.132. The van der Waals surface area contributed by atoms with Gasteiger partial charge in [-0.15, -0.1) is 5.10 Å². The van der Waals surface area contributed by atoms with Gasteiger partial charge in [0.25, 0.3) is 5.56 Å². The first-order chi connectivity index (χ1) is 15.2. The van der Waals surface area contributed by atoms with Gasteiger partial charge in [0.05, 0.1) is 12.6 Å². The van der Waals surface area contributed by atoms with Crippen molar-refractivity contribution < 1.29 is 0 Å². The van der Waals surface area contributed by atoms with E-state index in [1.54, 1.807) is 0 Å². The van der Waals surface area contributed by atoms with Crippen LogP contribution in [-0.2, 0) is 13.1 Å². The Kier molecular flexibility index (Phi) is 5.85. The third-order valence-corrected chi connectivity index (χ3v) is 7.12. The van der Waals surface area contributed by atoms with Crippen LogP contribution in [0.2, 0.25) is 0 Å². The standard InChI is InChI=1S/C24H32N6O/c1-17-11-12-18-14-19(24(31)25-22(18)13-17)15-29(20-7-3-2-4-8-20)16-23-26-27-28-30(23)21-9-5-6-10-21/h11-14,20-21H,2-10,15-16H2,1H3,(H,25,31). The summed E-state index contributed by atoms with van der Waals surface area (Å²) >= 11 is 0. The number of hydrogen-bond acceptors (Lipinski definition) is 5. The molecule has 2 saturated carbocycles. The zero-order valence-corrected chi connectivity index (χ0v) is 18.4. The molecule has 0 aliphatic heterocycles. The molecule has 1 N–H and O–H groups in total. The van der Waals surface area contributed by atoms with Crippen LogP contribution in [0, 0.1) is 6.92 Å². The first-order valence-corrected chi connectivity index (χ1v) is 11.8. The quantitative estimate of drug-likeness (QED) is 0.644. The molecule has 2 fully saturated rings. The number of rotatable bonds is 6. The van der Waals surface area contributed by atoms with E-state index in [9.17, 15) is 4.79 Å². The number of hydrogen-bond donors (Lipinski definition) is 1. The van der Waals surface area contributed by atoms with Gasteiger partial charge in [-0.1, -0.05) is 44.2 Å². The zero-order valence-electron chi connectivity index (χ0n) is 18.4. The summed E-state index contributed by atoms with van der Waals surface area (Å²) in [6.45, 7) is 3.37. The summed E-state index contributed by atoms with van der Waals surface area (Å²) in [5.74, 6) is 0.935. The van der Waals surface area contributed by atoms with Gasteiger partial charge in [0.2, 0.25) is 0 Å². The van der Waals surface area contributed by atoms with Crippen LogP contribution in [0.15, 0.2) is 29.1 Å². The van der Waals surface area contributed by atoms with Gasteiger partial charge in [-0.25, -0.2) is 4.68 Å². The molecule has 164 valence electrons. The number of nitrogens with zero attached hydrogens (tertiary/aromatic N) is 5. The molecule has 7 heteroatoms. The Balaban J connectivity index is 1.44. The fourth-order valence-electron chi connectivity index (χ4n) is 5.39. The number of nitrogens with one attached hydrogen (secondary N) is 1. The van der Waals surface area contributed by atoms with Crippen LogP contribution in [0.25, 0.3) is 10.9 Å². The van der Waals surface area contributed by atoms with Gasteiger partial charge in [0.15, 0.2) is 5.82 Å². The van der Waals surface area contributed by atoms with E-state index < -0.39 is 0 Å². The van der Waals surface area contributed by atoms with E-state index in [4.69, 9.17) is 0 Å². The molecular weight excluding hydrogens is 388 g/mol. The van der Waals surface area contributed by atoms with Gasteiger partial charge in [-0.2, -0.15) is 0 Å². The predicted molar refractivity (Wildman–Crippen MR) is 121 cm³/mol. The number of aromatic nitrogens is 5. The molecule has 2 aliphatic carbocycles. The Hall–Kier alpha value is -2.54. The van der Waals surface area contributed by atoms with E-state index in [0.29, 0.717) is 25.2 Å². The monoisotopic (exact) mass is 420 g/mol. The van der Waals surface area contributed by atoms with Crippen LogP contribution >= 0.6 is 0 Å². The Morgan fingerprint density at radius 1 is 1.03 bits per heavy atom. The first-order valence-electron chi connectivity index (χ1n) is 11.8. The van der Waals surface area contributed by atoms with E-state index in [0.717, 1.165) is 40.7 Å². The van der Waals surface area contributed by atoms with Gasteiger partial charge in [0.1, 0.15) is 0 Å². The second-order valence-electron chi connectivity index (χ2n) is 9.39. The van der Waals surface area contributed by atoms with Crippen molar-refractivity contribution >= 4 is 10.9 Å². The van der Waals surface area contributed by atoms with Gasteiger partial charge < -0.3 is 4.98 Å². The average molecular weight is 421 g/mol. The Morgan fingerprint density at radius 2 is 1.81 bits per heavy atom. The number of H-pyrrole nitrogens is 1. The fraction of sp³-hybridized carbons (Fsp3) is 0.583. The van der Waals surface area contributed by atoms with E-state index >= 15 is 0 Å². The summed E-state index contributed by atoms with van der Waals surface area (Å²) in [7, 11) is 0. The van der Waals surface area contributed by atoms with Crippen molar-refractivity contribution in [3.63, 3.8) is 0 Å². The van der Waals surface area contributed by atoms with Crippen LogP contribution in [-0.4, -0.2) is 36.1 Å². The molecule has 31 heavy (non-hydrogen) atoms. The van der Waals surface area contributed by atoms with Gasteiger partial charge in [-0.3, -0.25) is 9.69 Å². The molecule has 0 spiro atoms. The highest BCUT2D eigenvalue weighted by atomic mass is 16.1. The topological polar surface area (TPSA) is 79.7 Å². The molecule has 0 bridgehead atoms.